The molecule has 1 saturated heterocycles. The zero-order valence-electron chi connectivity index (χ0n) is 9.56. The molecule has 6 heteroatoms. The van der Waals surface area contributed by atoms with Crippen LogP contribution in [0.2, 0.25) is 0 Å². The van der Waals surface area contributed by atoms with Gasteiger partial charge in [0.1, 0.15) is 5.82 Å². The molecular formula is C10H18N4OS. The average molecular weight is 242 g/mol. The number of rotatable bonds is 5. The second-order valence-corrected chi connectivity index (χ2v) is 4.90. The fourth-order valence-electron chi connectivity index (χ4n) is 1.80. The van der Waals surface area contributed by atoms with Crippen molar-refractivity contribution in [2.45, 2.75) is 37.6 Å². The van der Waals surface area contributed by atoms with Crippen LogP contribution in [0.3, 0.4) is 0 Å². The van der Waals surface area contributed by atoms with Gasteiger partial charge in [0.15, 0.2) is 5.16 Å². The zero-order valence-corrected chi connectivity index (χ0v) is 10.4. The van der Waals surface area contributed by atoms with E-state index in [9.17, 15) is 0 Å². The Bertz CT molecular complexity index is 336. The van der Waals surface area contributed by atoms with E-state index >= 15 is 0 Å². The lowest BCUT2D eigenvalue weighted by molar-refractivity contribution is 0.129. The van der Waals surface area contributed by atoms with Crippen molar-refractivity contribution < 1.29 is 4.74 Å². The minimum Gasteiger partial charge on any atom is -0.377 e. The van der Waals surface area contributed by atoms with E-state index in [0.29, 0.717) is 12.6 Å². The summed E-state index contributed by atoms with van der Waals surface area (Å²) in [7, 11) is 0. The van der Waals surface area contributed by atoms with Gasteiger partial charge in [-0.3, -0.25) is 0 Å². The molecule has 0 aromatic carbocycles. The van der Waals surface area contributed by atoms with Crippen LogP contribution < -0.4 is 5.73 Å². The second-order valence-electron chi connectivity index (χ2n) is 3.92. The van der Waals surface area contributed by atoms with E-state index < -0.39 is 0 Å². The fourth-order valence-corrected chi connectivity index (χ4v) is 2.87. The summed E-state index contributed by atoms with van der Waals surface area (Å²) < 4.78 is 7.65. The predicted octanol–water partition coefficient (Wildman–Crippen LogP) is 0.816. The van der Waals surface area contributed by atoms with E-state index in [2.05, 4.69) is 14.8 Å². The summed E-state index contributed by atoms with van der Waals surface area (Å²) in [5, 5.41) is 9.19. The van der Waals surface area contributed by atoms with Crippen molar-refractivity contribution in [1.29, 1.82) is 0 Å². The van der Waals surface area contributed by atoms with Crippen LogP contribution in [0.15, 0.2) is 5.16 Å². The van der Waals surface area contributed by atoms with E-state index in [1.54, 1.807) is 11.8 Å². The molecule has 1 aromatic heterocycles. The van der Waals surface area contributed by atoms with Gasteiger partial charge in [0.05, 0.1) is 6.10 Å². The van der Waals surface area contributed by atoms with Crippen LogP contribution in [-0.4, -0.2) is 39.8 Å². The Labute approximate surface area is 99.7 Å². The molecule has 90 valence electrons. The summed E-state index contributed by atoms with van der Waals surface area (Å²) in [5.41, 5.74) is 5.57. The summed E-state index contributed by atoms with van der Waals surface area (Å²) >= 11 is 1.71. The van der Waals surface area contributed by atoms with Gasteiger partial charge in [-0.25, -0.2) is 0 Å². The first-order valence-electron chi connectivity index (χ1n) is 5.65. The van der Waals surface area contributed by atoms with E-state index in [1.165, 1.54) is 6.42 Å². The van der Waals surface area contributed by atoms with Crippen molar-refractivity contribution in [2.75, 3.05) is 18.9 Å². The van der Waals surface area contributed by atoms with Gasteiger partial charge in [-0.2, -0.15) is 0 Å². The number of aromatic nitrogens is 3. The van der Waals surface area contributed by atoms with Gasteiger partial charge < -0.3 is 15.0 Å². The molecule has 0 spiro atoms. The van der Waals surface area contributed by atoms with E-state index in [0.717, 1.165) is 36.3 Å². The molecule has 2 rings (SSSR count). The molecule has 1 aliphatic rings. The molecule has 0 aliphatic carbocycles. The second kappa shape index (κ2) is 5.65. The minimum absolute atomic E-state index is 0.383. The summed E-state index contributed by atoms with van der Waals surface area (Å²) in [5.74, 6) is 1.89. The monoisotopic (exact) mass is 242 g/mol. The van der Waals surface area contributed by atoms with Gasteiger partial charge in [0.2, 0.25) is 0 Å². The zero-order chi connectivity index (χ0) is 11.4. The number of ether oxygens (including phenoxy) is 1. The molecule has 1 unspecified atom stereocenters. The lowest BCUT2D eigenvalue weighted by atomic mass is 10.3. The third-order valence-corrected chi connectivity index (χ3v) is 3.78. The number of hydrogen-bond acceptors (Lipinski definition) is 5. The van der Waals surface area contributed by atoms with Crippen molar-refractivity contribution in [3.05, 3.63) is 5.82 Å². The third kappa shape index (κ3) is 2.75. The van der Waals surface area contributed by atoms with Crippen LogP contribution in [0, 0.1) is 6.92 Å². The van der Waals surface area contributed by atoms with Crippen molar-refractivity contribution in [1.82, 2.24) is 14.8 Å². The van der Waals surface area contributed by atoms with Crippen molar-refractivity contribution in [2.24, 2.45) is 5.73 Å². The molecule has 1 fully saturated rings. The summed E-state index contributed by atoms with van der Waals surface area (Å²) in [4.78, 5) is 0. The largest absolute Gasteiger partial charge is 0.377 e. The van der Waals surface area contributed by atoms with Gasteiger partial charge in [0, 0.05) is 25.4 Å². The Balaban J connectivity index is 1.92. The number of aryl methyl sites for hydroxylation is 1. The highest BCUT2D eigenvalue weighted by Gasteiger charge is 2.17. The number of thioether (sulfide) groups is 1. The van der Waals surface area contributed by atoms with Gasteiger partial charge in [0.25, 0.3) is 0 Å². The number of nitrogens with zero attached hydrogens (tertiary/aromatic N) is 3. The van der Waals surface area contributed by atoms with Crippen LogP contribution in [0.5, 0.6) is 0 Å². The highest BCUT2D eigenvalue weighted by atomic mass is 32.2. The first-order chi connectivity index (χ1) is 7.81. The Hall–Kier alpha value is -0.590. The molecule has 16 heavy (non-hydrogen) atoms. The molecular weight excluding hydrogens is 224 g/mol. The quantitative estimate of drug-likeness (QED) is 0.774. The van der Waals surface area contributed by atoms with Gasteiger partial charge >= 0.3 is 0 Å². The normalized spacial score (nSPS) is 20.5. The Kier molecular flexibility index (Phi) is 4.20. The van der Waals surface area contributed by atoms with Gasteiger partial charge in [-0.1, -0.05) is 11.8 Å². The van der Waals surface area contributed by atoms with E-state index in [1.807, 2.05) is 6.92 Å². The van der Waals surface area contributed by atoms with Gasteiger partial charge in [-0.15, -0.1) is 10.2 Å². The van der Waals surface area contributed by atoms with Crippen molar-refractivity contribution in [3.63, 3.8) is 0 Å². The highest BCUT2D eigenvalue weighted by Crippen LogP contribution is 2.22. The molecule has 2 heterocycles. The highest BCUT2D eigenvalue weighted by molar-refractivity contribution is 7.99. The Morgan fingerprint density at radius 1 is 1.56 bits per heavy atom. The molecule has 0 radical (unpaired) electrons. The first kappa shape index (κ1) is 11.9. The predicted molar refractivity (Wildman–Crippen MR) is 63.5 cm³/mol. The lowest BCUT2D eigenvalue weighted by Crippen LogP contribution is -2.13. The molecule has 1 atom stereocenters. The van der Waals surface area contributed by atoms with E-state index in [-0.39, 0.29) is 0 Å². The molecule has 1 aliphatic heterocycles. The average Bonchev–Trinajstić information content (AvgIpc) is 2.89. The number of nitrogens with two attached hydrogens (primary N) is 1. The minimum atomic E-state index is 0.383. The SMILES string of the molecule is Cc1nnc(SCC2CCCO2)n1CCN. The van der Waals surface area contributed by atoms with E-state index in [4.69, 9.17) is 10.5 Å². The topological polar surface area (TPSA) is 66.0 Å². The maximum atomic E-state index is 5.58. The maximum absolute atomic E-state index is 5.58. The molecule has 5 nitrogen and oxygen atoms in total. The molecule has 1 aromatic rings. The summed E-state index contributed by atoms with van der Waals surface area (Å²) in [6, 6.07) is 0. The molecule has 0 saturated carbocycles. The smallest absolute Gasteiger partial charge is 0.191 e. The van der Waals surface area contributed by atoms with Crippen molar-refractivity contribution >= 4 is 11.8 Å². The third-order valence-electron chi connectivity index (χ3n) is 2.68. The molecule has 0 bridgehead atoms. The van der Waals surface area contributed by atoms with Gasteiger partial charge in [-0.05, 0) is 19.8 Å². The fraction of sp³-hybridized carbons (Fsp3) is 0.800. The Morgan fingerprint density at radius 3 is 3.12 bits per heavy atom. The number of hydrogen-bond donors (Lipinski definition) is 1. The molecule has 2 N–H and O–H groups in total. The standard InChI is InChI=1S/C10H18N4OS/c1-8-12-13-10(14(8)5-4-11)16-7-9-3-2-6-15-9/h9H,2-7,11H2,1H3. The maximum Gasteiger partial charge on any atom is 0.191 e. The lowest BCUT2D eigenvalue weighted by Gasteiger charge is -2.09. The van der Waals surface area contributed by atoms with Crippen molar-refractivity contribution in [3.8, 4) is 0 Å². The first-order valence-corrected chi connectivity index (χ1v) is 6.64. The van der Waals surface area contributed by atoms with Crippen LogP contribution in [-0.2, 0) is 11.3 Å². The van der Waals surface area contributed by atoms with Crippen LogP contribution in [0.4, 0.5) is 0 Å². The van der Waals surface area contributed by atoms with Crippen LogP contribution in [0.25, 0.3) is 0 Å². The van der Waals surface area contributed by atoms with Crippen LogP contribution >= 0.6 is 11.8 Å². The Morgan fingerprint density at radius 2 is 2.44 bits per heavy atom. The summed E-state index contributed by atoms with van der Waals surface area (Å²) in [6.45, 7) is 4.26. The van der Waals surface area contributed by atoms with Crippen LogP contribution in [0.1, 0.15) is 18.7 Å². The molecule has 0 amide bonds. The summed E-state index contributed by atoms with van der Waals surface area (Å²) in [6.07, 6.45) is 2.73.